The van der Waals surface area contributed by atoms with Crippen molar-refractivity contribution in [3.8, 4) is 0 Å². The molecule has 0 saturated carbocycles. The first kappa shape index (κ1) is 15.1. The molecule has 5 heteroatoms. The molecule has 0 spiro atoms. The lowest BCUT2D eigenvalue weighted by molar-refractivity contribution is -0.134. The van der Waals surface area contributed by atoms with E-state index in [2.05, 4.69) is 29.2 Å². The van der Waals surface area contributed by atoms with Crippen molar-refractivity contribution in [2.24, 2.45) is 5.92 Å². The maximum absolute atomic E-state index is 12.2. The third-order valence-electron chi connectivity index (χ3n) is 5.54. The van der Waals surface area contributed by atoms with Gasteiger partial charge in [0.05, 0.1) is 13.2 Å². The number of ether oxygens (including phenoxy) is 2. The van der Waals surface area contributed by atoms with E-state index < -0.39 is 0 Å². The average molecular weight is 316 g/mol. The van der Waals surface area contributed by atoms with Crippen LogP contribution in [0.4, 0.5) is 0 Å². The molecule has 23 heavy (non-hydrogen) atoms. The quantitative estimate of drug-likeness (QED) is 0.842. The maximum Gasteiger partial charge on any atom is 0.248 e. The molecule has 0 unspecified atom stereocenters. The van der Waals surface area contributed by atoms with Crippen LogP contribution in [-0.4, -0.2) is 68.8 Å². The van der Waals surface area contributed by atoms with Gasteiger partial charge in [0.15, 0.2) is 0 Å². The Labute approximate surface area is 137 Å². The van der Waals surface area contributed by atoms with Gasteiger partial charge >= 0.3 is 0 Å². The van der Waals surface area contributed by atoms with Crippen LogP contribution in [0.1, 0.15) is 23.1 Å². The minimum atomic E-state index is 0.111. The van der Waals surface area contributed by atoms with E-state index in [9.17, 15) is 4.79 Å². The zero-order valence-corrected chi connectivity index (χ0v) is 13.6. The van der Waals surface area contributed by atoms with Gasteiger partial charge in [0.25, 0.3) is 0 Å². The highest BCUT2D eigenvalue weighted by Gasteiger charge is 2.49. The maximum atomic E-state index is 12.2. The summed E-state index contributed by atoms with van der Waals surface area (Å²) in [6.07, 6.45) is 0. The molecule has 5 nitrogen and oxygen atoms in total. The fraction of sp³-hybridized carbons (Fsp3) is 0.611. The van der Waals surface area contributed by atoms with Gasteiger partial charge in [-0.3, -0.25) is 9.69 Å². The minimum Gasteiger partial charge on any atom is -0.379 e. The molecule has 1 aromatic rings. The highest BCUT2D eigenvalue weighted by Crippen LogP contribution is 2.51. The van der Waals surface area contributed by atoms with E-state index in [1.807, 2.05) is 4.90 Å². The van der Waals surface area contributed by atoms with Crippen LogP contribution in [0.25, 0.3) is 0 Å². The van der Waals surface area contributed by atoms with Crippen molar-refractivity contribution in [3.63, 3.8) is 0 Å². The van der Waals surface area contributed by atoms with Crippen molar-refractivity contribution in [1.82, 2.24) is 9.80 Å². The third kappa shape index (κ3) is 2.57. The molecule has 1 aromatic carbocycles. The Balaban J connectivity index is 1.62. The second-order valence-electron chi connectivity index (χ2n) is 6.72. The van der Waals surface area contributed by atoms with Crippen LogP contribution in [-0.2, 0) is 14.3 Å². The molecule has 3 aliphatic rings. The van der Waals surface area contributed by atoms with Crippen molar-refractivity contribution in [2.45, 2.75) is 12.0 Å². The molecule has 0 radical (unpaired) electrons. The van der Waals surface area contributed by atoms with Gasteiger partial charge < -0.3 is 14.4 Å². The number of carbonyl (C=O) groups is 1. The lowest BCUT2D eigenvalue weighted by Gasteiger charge is -2.36. The number of nitrogens with zero attached hydrogens (tertiary/aromatic N) is 2. The van der Waals surface area contributed by atoms with Gasteiger partial charge in [-0.05, 0) is 11.1 Å². The molecule has 0 aromatic heterocycles. The van der Waals surface area contributed by atoms with Crippen molar-refractivity contribution in [1.29, 1.82) is 0 Å². The fourth-order valence-electron chi connectivity index (χ4n) is 4.57. The number of benzene rings is 1. The molecular weight excluding hydrogens is 292 g/mol. The molecule has 2 heterocycles. The van der Waals surface area contributed by atoms with E-state index in [1.165, 1.54) is 11.1 Å². The van der Waals surface area contributed by atoms with Gasteiger partial charge in [-0.15, -0.1) is 0 Å². The Kier molecular flexibility index (Phi) is 4.09. The summed E-state index contributed by atoms with van der Waals surface area (Å²) in [6, 6.07) is 9.20. The number of likely N-dealkylation sites (tertiary alicyclic amines) is 1. The van der Waals surface area contributed by atoms with Crippen molar-refractivity contribution in [2.75, 3.05) is 53.1 Å². The number of carbonyl (C=O) groups excluding carboxylic acids is 1. The number of hydrogen-bond acceptors (Lipinski definition) is 4. The van der Waals surface area contributed by atoms with Crippen LogP contribution in [0.5, 0.6) is 0 Å². The fourth-order valence-corrected chi connectivity index (χ4v) is 4.57. The summed E-state index contributed by atoms with van der Waals surface area (Å²) >= 11 is 0. The van der Waals surface area contributed by atoms with Gasteiger partial charge in [-0.2, -0.15) is 0 Å². The SMILES string of the molecule is COCC(=O)N1C[C@H]2[C@@H](C1)c1ccccc1[C@@H]2N1CCOCC1. The summed E-state index contributed by atoms with van der Waals surface area (Å²) in [7, 11) is 1.58. The summed E-state index contributed by atoms with van der Waals surface area (Å²) in [5.41, 5.74) is 2.89. The van der Waals surface area contributed by atoms with E-state index in [1.54, 1.807) is 7.11 Å². The van der Waals surface area contributed by atoms with Crippen molar-refractivity contribution in [3.05, 3.63) is 35.4 Å². The summed E-state index contributed by atoms with van der Waals surface area (Å²) in [4.78, 5) is 16.8. The van der Waals surface area contributed by atoms with Gasteiger partial charge in [0, 0.05) is 51.2 Å². The summed E-state index contributed by atoms with van der Waals surface area (Å²) < 4.78 is 10.6. The Morgan fingerprint density at radius 1 is 1.22 bits per heavy atom. The Bertz CT molecular complexity index is 585. The number of amides is 1. The van der Waals surface area contributed by atoms with Crippen LogP contribution in [0.15, 0.2) is 24.3 Å². The summed E-state index contributed by atoms with van der Waals surface area (Å²) in [5, 5.41) is 0. The van der Waals surface area contributed by atoms with Crippen LogP contribution >= 0.6 is 0 Å². The van der Waals surface area contributed by atoms with Crippen LogP contribution < -0.4 is 0 Å². The number of rotatable bonds is 3. The van der Waals surface area contributed by atoms with Gasteiger partial charge in [-0.25, -0.2) is 0 Å². The van der Waals surface area contributed by atoms with Crippen molar-refractivity contribution < 1.29 is 14.3 Å². The molecule has 2 aliphatic heterocycles. The first-order valence-corrected chi connectivity index (χ1v) is 8.47. The first-order valence-electron chi connectivity index (χ1n) is 8.47. The molecule has 124 valence electrons. The Hall–Kier alpha value is -1.43. The second-order valence-corrected chi connectivity index (χ2v) is 6.72. The average Bonchev–Trinajstić information content (AvgIpc) is 3.13. The van der Waals surface area contributed by atoms with E-state index in [-0.39, 0.29) is 12.5 Å². The zero-order valence-electron chi connectivity index (χ0n) is 13.6. The van der Waals surface area contributed by atoms with Gasteiger partial charge in [-0.1, -0.05) is 24.3 Å². The molecule has 0 bridgehead atoms. The minimum absolute atomic E-state index is 0.111. The topological polar surface area (TPSA) is 42.0 Å². The standard InChI is InChI=1S/C18H24N2O3/c1-22-12-17(21)20-10-15-13-4-2-3-5-14(13)18(16(15)11-20)19-6-8-23-9-7-19/h2-5,15-16,18H,6-12H2,1H3/t15-,16-,18-/m0/s1. The molecule has 3 atom stereocenters. The summed E-state index contributed by atoms with van der Waals surface area (Å²) in [5.74, 6) is 1.06. The Morgan fingerprint density at radius 2 is 1.96 bits per heavy atom. The lowest BCUT2D eigenvalue weighted by atomic mass is 9.93. The summed E-state index contributed by atoms with van der Waals surface area (Å²) in [6.45, 7) is 5.42. The predicted molar refractivity (Wildman–Crippen MR) is 86.3 cm³/mol. The lowest BCUT2D eigenvalue weighted by Crippen LogP contribution is -2.42. The van der Waals surface area contributed by atoms with E-state index in [0.29, 0.717) is 17.9 Å². The van der Waals surface area contributed by atoms with Crippen molar-refractivity contribution >= 4 is 5.91 Å². The van der Waals surface area contributed by atoms with Gasteiger partial charge in [0.1, 0.15) is 6.61 Å². The second kappa shape index (κ2) is 6.23. The van der Waals surface area contributed by atoms with Crippen LogP contribution in [0.2, 0.25) is 0 Å². The largest absolute Gasteiger partial charge is 0.379 e. The van der Waals surface area contributed by atoms with Crippen LogP contribution in [0.3, 0.4) is 0 Å². The molecule has 2 saturated heterocycles. The number of morpholine rings is 1. The molecule has 1 aliphatic carbocycles. The molecule has 1 amide bonds. The van der Waals surface area contributed by atoms with E-state index in [4.69, 9.17) is 9.47 Å². The highest BCUT2D eigenvalue weighted by atomic mass is 16.5. The third-order valence-corrected chi connectivity index (χ3v) is 5.54. The normalized spacial score (nSPS) is 30.3. The number of hydrogen-bond donors (Lipinski definition) is 0. The zero-order chi connectivity index (χ0) is 15.8. The smallest absolute Gasteiger partial charge is 0.248 e. The molecule has 0 N–H and O–H groups in total. The highest BCUT2D eigenvalue weighted by molar-refractivity contribution is 5.78. The number of methoxy groups -OCH3 is 1. The number of fused-ring (bicyclic) bond motifs is 3. The molecule has 2 fully saturated rings. The monoisotopic (exact) mass is 316 g/mol. The molecular formula is C18H24N2O3. The van der Waals surface area contributed by atoms with Gasteiger partial charge in [0.2, 0.25) is 5.91 Å². The predicted octanol–water partition coefficient (Wildman–Crippen LogP) is 1.26. The molecule has 4 rings (SSSR count). The van der Waals surface area contributed by atoms with Crippen LogP contribution in [0, 0.1) is 5.92 Å². The first-order chi connectivity index (χ1) is 11.3. The van der Waals surface area contributed by atoms with E-state index in [0.717, 1.165) is 39.4 Å². The van der Waals surface area contributed by atoms with E-state index >= 15 is 0 Å². The Morgan fingerprint density at radius 3 is 2.70 bits per heavy atom.